The van der Waals surface area contributed by atoms with Crippen molar-refractivity contribution in [3.63, 3.8) is 0 Å². The van der Waals surface area contributed by atoms with E-state index < -0.39 is 53.8 Å². The number of aliphatic hydroxyl groups excluding tert-OH is 3. The van der Waals surface area contributed by atoms with Crippen LogP contribution in [0, 0.1) is 17.5 Å². The van der Waals surface area contributed by atoms with Crippen LogP contribution in [-0.2, 0) is 4.74 Å². The number of hydrogen-bond acceptors (Lipinski definition) is 8. The van der Waals surface area contributed by atoms with E-state index in [1.165, 1.54) is 6.20 Å². The summed E-state index contributed by atoms with van der Waals surface area (Å²) in [4.78, 5) is 0.721. The van der Waals surface area contributed by atoms with Gasteiger partial charge in [-0.3, -0.25) is 0 Å². The van der Waals surface area contributed by atoms with Crippen LogP contribution in [0.25, 0.3) is 11.3 Å². The van der Waals surface area contributed by atoms with E-state index in [1.807, 2.05) is 6.92 Å². The normalized spacial score (nSPS) is 24.9. The minimum absolute atomic E-state index is 0.00198. The molecule has 0 saturated carbocycles. The van der Waals surface area contributed by atoms with Gasteiger partial charge in [0.2, 0.25) is 0 Å². The fourth-order valence-electron chi connectivity index (χ4n) is 3.67. The molecule has 2 aromatic carbocycles. The standard InChI is InChI=1S/C22H22F3N3O5S/c1-2-32-12-4-3-5-13(8-12)34-22-21(31)19(20(30)17(10-29)33-22)28-9-16(26-27-28)11-6-14(23)18(25)15(24)7-11/h3-9,17,19-22,29-31H,2,10H2,1H3/t17?,19?,20-,21?,22+/m0/s1. The van der Waals surface area contributed by atoms with Gasteiger partial charge in [0.05, 0.1) is 19.4 Å². The summed E-state index contributed by atoms with van der Waals surface area (Å²) in [7, 11) is 0. The molecule has 0 aliphatic carbocycles. The summed E-state index contributed by atoms with van der Waals surface area (Å²) in [5.41, 5.74) is -0.982. The third-order valence-electron chi connectivity index (χ3n) is 5.31. The fourth-order valence-corrected chi connectivity index (χ4v) is 4.78. The Bertz CT molecular complexity index is 1130. The van der Waals surface area contributed by atoms with Gasteiger partial charge in [-0.15, -0.1) is 5.10 Å². The van der Waals surface area contributed by atoms with E-state index >= 15 is 0 Å². The third kappa shape index (κ3) is 4.91. The van der Waals surface area contributed by atoms with E-state index in [9.17, 15) is 28.5 Å². The van der Waals surface area contributed by atoms with Crippen LogP contribution < -0.4 is 4.74 Å². The van der Waals surface area contributed by atoms with Gasteiger partial charge < -0.3 is 24.8 Å². The average molecular weight is 497 g/mol. The number of aliphatic hydroxyl groups is 3. The second-order valence-corrected chi connectivity index (χ2v) is 8.73. The number of halogens is 3. The van der Waals surface area contributed by atoms with E-state index in [1.54, 1.807) is 24.3 Å². The van der Waals surface area contributed by atoms with Gasteiger partial charge in [0.25, 0.3) is 0 Å². The SMILES string of the molecule is CCOc1cccc(S[C@H]2OC(CO)[C@H](O)C(n3cc(-c4cc(F)c(F)c(F)c4)nn3)C2O)c1. The molecule has 3 aromatic rings. The van der Waals surface area contributed by atoms with E-state index in [0.29, 0.717) is 12.4 Å². The van der Waals surface area contributed by atoms with Crippen LogP contribution in [0.1, 0.15) is 13.0 Å². The Morgan fingerprint density at radius 3 is 2.53 bits per heavy atom. The van der Waals surface area contributed by atoms with Crippen LogP contribution in [0.15, 0.2) is 47.5 Å². The number of benzene rings is 2. The Hall–Kier alpha value is -2.64. The predicted octanol–water partition coefficient (Wildman–Crippen LogP) is 2.53. The highest BCUT2D eigenvalue weighted by atomic mass is 32.2. The zero-order valence-electron chi connectivity index (χ0n) is 17.9. The summed E-state index contributed by atoms with van der Waals surface area (Å²) in [5, 5.41) is 39.2. The van der Waals surface area contributed by atoms with Crippen molar-refractivity contribution in [2.45, 2.75) is 41.6 Å². The topological polar surface area (TPSA) is 110 Å². The molecule has 3 unspecified atom stereocenters. The highest BCUT2D eigenvalue weighted by Crippen LogP contribution is 2.39. The van der Waals surface area contributed by atoms with Crippen LogP contribution >= 0.6 is 11.8 Å². The lowest BCUT2D eigenvalue weighted by atomic mass is 9.97. The van der Waals surface area contributed by atoms with E-state index in [4.69, 9.17) is 9.47 Å². The van der Waals surface area contributed by atoms with Crippen molar-refractivity contribution in [2.75, 3.05) is 13.2 Å². The fraction of sp³-hybridized carbons (Fsp3) is 0.364. The molecule has 0 amide bonds. The van der Waals surface area contributed by atoms with Gasteiger partial charge in [0, 0.05) is 10.5 Å². The van der Waals surface area contributed by atoms with Crippen molar-refractivity contribution in [1.29, 1.82) is 0 Å². The maximum Gasteiger partial charge on any atom is 0.194 e. The molecular formula is C22H22F3N3O5S. The molecule has 1 aromatic heterocycles. The van der Waals surface area contributed by atoms with Crippen LogP contribution in [0.5, 0.6) is 5.75 Å². The molecule has 3 N–H and O–H groups in total. The maximum atomic E-state index is 13.6. The van der Waals surface area contributed by atoms with Gasteiger partial charge in [-0.05, 0) is 37.3 Å². The number of aromatic nitrogens is 3. The largest absolute Gasteiger partial charge is 0.494 e. The molecule has 5 atom stereocenters. The zero-order valence-corrected chi connectivity index (χ0v) is 18.7. The first-order chi connectivity index (χ1) is 16.3. The van der Waals surface area contributed by atoms with Crippen molar-refractivity contribution < 1.29 is 38.0 Å². The Kier molecular flexibility index (Phi) is 7.43. The first-order valence-electron chi connectivity index (χ1n) is 10.4. The molecule has 1 saturated heterocycles. The van der Waals surface area contributed by atoms with Crippen molar-refractivity contribution in [2.24, 2.45) is 0 Å². The Morgan fingerprint density at radius 2 is 1.85 bits per heavy atom. The highest BCUT2D eigenvalue weighted by Gasteiger charge is 2.46. The lowest BCUT2D eigenvalue weighted by molar-refractivity contribution is -0.178. The van der Waals surface area contributed by atoms with E-state index in [0.717, 1.165) is 33.5 Å². The first kappa shape index (κ1) is 24.5. The van der Waals surface area contributed by atoms with Gasteiger partial charge >= 0.3 is 0 Å². The summed E-state index contributed by atoms with van der Waals surface area (Å²) in [5.74, 6) is -3.75. The summed E-state index contributed by atoms with van der Waals surface area (Å²) in [6, 6.07) is 7.56. The molecule has 1 aliphatic heterocycles. The molecule has 0 bridgehead atoms. The number of rotatable bonds is 7. The quantitative estimate of drug-likeness (QED) is 0.428. The molecular weight excluding hydrogens is 475 g/mol. The number of thioether (sulfide) groups is 1. The monoisotopic (exact) mass is 497 g/mol. The second-order valence-electron chi connectivity index (χ2n) is 7.56. The molecule has 182 valence electrons. The Balaban J connectivity index is 1.61. The number of hydrogen-bond donors (Lipinski definition) is 3. The van der Waals surface area contributed by atoms with Crippen molar-refractivity contribution in [3.05, 3.63) is 60.0 Å². The molecule has 12 heteroatoms. The molecule has 4 rings (SSSR count). The number of ether oxygens (including phenoxy) is 2. The molecule has 0 radical (unpaired) electrons. The smallest absolute Gasteiger partial charge is 0.194 e. The van der Waals surface area contributed by atoms with Crippen molar-refractivity contribution >= 4 is 11.8 Å². The van der Waals surface area contributed by atoms with Crippen LogP contribution in [0.4, 0.5) is 13.2 Å². The average Bonchev–Trinajstić information content (AvgIpc) is 3.29. The minimum atomic E-state index is -1.61. The van der Waals surface area contributed by atoms with Gasteiger partial charge in [0.1, 0.15) is 41.2 Å². The molecule has 2 heterocycles. The van der Waals surface area contributed by atoms with Crippen LogP contribution in [0.2, 0.25) is 0 Å². The van der Waals surface area contributed by atoms with Gasteiger partial charge in [0.15, 0.2) is 17.5 Å². The maximum absolute atomic E-state index is 13.6. The van der Waals surface area contributed by atoms with Gasteiger partial charge in [-0.25, -0.2) is 17.9 Å². The molecule has 34 heavy (non-hydrogen) atoms. The van der Waals surface area contributed by atoms with Gasteiger partial charge in [-0.2, -0.15) is 0 Å². The lowest BCUT2D eigenvalue weighted by Gasteiger charge is -2.41. The molecule has 8 nitrogen and oxygen atoms in total. The first-order valence-corrected chi connectivity index (χ1v) is 11.3. The third-order valence-corrected chi connectivity index (χ3v) is 6.46. The molecule has 0 spiro atoms. The summed E-state index contributed by atoms with van der Waals surface area (Å²) >= 11 is 1.16. The summed E-state index contributed by atoms with van der Waals surface area (Å²) in [6.07, 6.45) is -2.47. The predicted molar refractivity (Wildman–Crippen MR) is 116 cm³/mol. The van der Waals surface area contributed by atoms with Gasteiger partial charge in [-0.1, -0.05) is 23.0 Å². The lowest BCUT2D eigenvalue weighted by Crippen LogP contribution is -2.55. The number of nitrogens with zero attached hydrogens (tertiary/aromatic N) is 3. The molecule has 1 fully saturated rings. The van der Waals surface area contributed by atoms with Crippen LogP contribution in [0.3, 0.4) is 0 Å². The second kappa shape index (κ2) is 10.3. The summed E-state index contributed by atoms with van der Waals surface area (Å²) < 4.78 is 52.9. The van der Waals surface area contributed by atoms with Crippen LogP contribution in [-0.4, -0.2) is 67.3 Å². The molecule has 1 aliphatic rings. The van der Waals surface area contributed by atoms with E-state index in [2.05, 4.69) is 10.3 Å². The van der Waals surface area contributed by atoms with Crippen molar-refractivity contribution in [1.82, 2.24) is 15.0 Å². The Labute approximate surface area is 196 Å². The van der Waals surface area contributed by atoms with Crippen molar-refractivity contribution in [3.8, 4) is 17.0 Å². The minimum Gasteiger partial charge on any atom is -0.494 e. The summed E-state index contributed by atoms with van der Waals surface area (Å²) in [6.45, 7) is 1.80. The zero-order chi connectivity index (χ0) is 24.4. The Morgan fingerprint density at radius 1 is 1.12 bits per heavy atom. The highest BCUT2D eigenvalue weighted by molar-refractivity contribution is 7.99. The van der Waals surface area contributed by atoms with E-state index in [-0.39, 0.29) is 11.3 Å².